The van der Waals surface area contributed by atoms with E-state index in [9.17, 15) is 4.79 Å². The summed E-state index contributed by atoms with van der Waals surface area (Å²) in [6, 6.07) is 8.68. The van der Waals surface area contributed by atoms with Crippen LogP contribution >= 0.6 is 11.3 Å². The van der Waals surface area contributed by atoms with Crippen LogP contribution in [-0.2, 0) is 0 Å². The molecule has 29 heavy (non-hydrogen) atoms. The number of nitrogen functional groups attached to an aromatic ring is 1. The summed E-state index contributed by atoms with van der Waals surface area (Å²) in [6.45, 7) is 8.11. The molecule has 5 rings (SSSR count). The number of nitrogens with zero attached hydrogens (tertiary/aromatic N) is 3. The van der Waals surface area contributed by atoms with Crippen LogP contribution in [-0.4, -0.2) is 42.0 Å². The predicted molar refractivity (Wildman–Crippen MR) is 120 cm³/mol. The van der Waals surface area contributed by atoms with Crippen LogP contribution in [0, 0.1) is 20.8 Å². The number of hydrogen-bond donors (Lipinski definition) is 1. The molecule has 0 radical (unpaired) electrons. The second-order valence-corrected chi connectivity index (χ2v) is 9.57. The van der Waals surface area contributed by atoms with E-state index < -0.39 is 0 Å². The van der Waals surface area contributed by atoms with E-state index in [-0.39, 0.29) is 11.9 Å². The summed E-state index contributed by atoms with van der Waals surface area (Å²) in [4.78, 5) is 24.3. The lowest BCUT2D eigenvalue weighted by Gasteiger charge is -2.36. The maximum atomic E-state index is 13.8. The Balaban J connectivity index is 1.64. The molecule has 1 fully saturated rings. The summed E-state index contributed by atoms with van der Waals surface area (Å²) in [5, 5.41) is 0.923. The van der Waals surface area contributed by atoms with E-state index in [1.807, 2.05) is 24.8 Å². The molecule has 6 heteroatoms. The number of benzene rings is 1. The van der Waals surface area contributed by atoms with Gasteiger partial charge >= 0.3 is 0 Å². The van der Waals surface area contributed by atoms with Crippen LogP contribution in [0.1, 0.15) is 44.4 Å². The molecular formula is C23H26N4OS. The molecule has 1 saturated heterocycles. The van der Waals surface area contributed by atoms with E-state index in [1.165, 1.54) is 22.5 Å². The molecule has 1 aromatic carbocycles. The number of piperidine rings is 1. The van der Waals surface area contributed by atoms with Crippen LogP contribution in [0.25, 0.3) is 10.2 Å². The van der Waals surface area contributed by atoms with Crippen molar-refractivity contribution in [1.82, 2.24) is 9.88 Å². The van der Waals surface area contributed by atoms with Crippen molar-refractivity contribution in [3.63, 3.8) is 0 Å². The van der Waals surface area contributed by atoms with Gasteiger partial charge < -0.3 is 15.5 Å². The molecule has 2 N–H and O–H groups in total. The molecule has 4 heterocycles. The van der Waals surface area contributed by atoms with Gasteiger partial charge in [0.2, 0.25) is 0 Å². The molecule has 5 nitrogen and oxygen atoms in total. The standard InChI is InChI=1S/C23H26N4OS/c1-12-5-6-17-15(9-12)16-11-26(4)8-7-18(16)27(17)23(28)21-20(24)19-13(2)10-14(3)25-22(19)29-21/h5-6,9-10,16,18H,7-8,11,24H2,1-4H3/t16-,18-/m1/s1. The van der Waals surface area contributed by atoms with Crippen molar-refractivity contribution in [3.05, 3.63) is 51.5 Å². The molecule has 0 spiro atoms. The van der Waals surface area contributed by atoms with Crippen molar-refractivity contribution in [1.29, 1.82) is 0 Å². The molecule has 150 valence electrons. The lowest BCUT2D eigenvalue weighted by Crippen LogP contribution is -2.47. The number of nitrogens with two attached hydrogens (primary N) is 1. The van der Waals surface area contributed by atoms with Crippen molar-refractivity contribution < 1.29 is 4.79 Å². The van der Waals surface area contributed by atoms with Crippen LogP contribution in [0.3, 0.4) is 0 Å². The van der Waals surface area contributed by atoms with Gasteiger partial charge in [-0.15, -0.1) is 11.3 Å². The number of thiophene rings is 1. The highest BCUT2D eigenvalue weighted by Crippen LogP contribution is 2.47. The SMILES string of the molecule is Cc1ccc2c(c1)[C@H]1CN(C)CC[C@H]1N2C(=O)c1sc2nc(C)cc(C)c2c1N. The Morgan fingerprint density at radius 1 is 1.24 bits per heavy atom. The van der Waals surface area contributed by atoms with E-state index in [0.29, 0.717) is 16.5 Å². The second-order valence-electron chi connectivity index (χ2n) is 8.57. The number of carbonyl (C=O) groups is 1. The van der Waals surface area contributed by atoms with Crippen LogP contribution in [0.5, 0.6) is 0 Å². The van der Waals surface area contributed by atoms with Crippen LogP contribution in [0.4, 0.5) is 11.4 Å². The molecule has 0 saturated carbocycles. The van der Waals surface area contributed by atoms with Gasteiger partial charge in [0.25, 0.3) is 5.91 Å². The third-order valence-corrected chi connectivity index (χ3v) is 7.48. The first kappa shape index (κ1) is 18.6. The van der Waals surface area contributed by atoms with E-state index >= 15 is 0 Å². The molecular weight excluding hydrogens is 380 g/mol. The van der Waals surface area contributed by atoms with Gasteiger partial charge in [-0.25, -0.2) is 4.98 Å². The van der Waals surface area contributed by atoms with Gasteiger partial charge in [-0.05, 0) is 64.0 Å². The maximum Gasteiger partial charge on any atom is 0.270 e. The fraction of sp³-hybridized carbons (Fsp3) is 0.391. The number of carbonyl (C=O) groups excluding carboxylic acids is 1. The van der Waals surface area contributed by atoms with Crippen LogP contribution in [0.15, 0.2) is 24.3 Å². The van der Waals surface area contributed by atoms with Gasteiger partial charge in [0.05, 0.1) is 5.69 Å². The van der Waals surface area contributed by atoms with E-state index in [1.54, 1.807) is 0 Å². The summed E-state index contributed by atoms with van der Waals surface area (Å²) in [5.41, 5.74) is 12.7. The van der Waals surface area contributed by atoms with Crippen molar-refractivity contribution in [2.45, 2.75) is 39.2 Å². The van der Waals surface area contributed by atoms with E-state index in [2.05, 4.69) is 42.1 Å². The molecule has 0 unspecified atom stereocenters. The smallest absolute Gasteiger partial charge is 0.270 e. The highest BCUT2D eigenvalue weighted by Gasteiger charge is 2.44. The van der Waals surface area contributed by atoms with Crippen molar-refractivity contribution in [2.75, 3.05) is 30.8 Å². The zero-order valence-corrected chi connectivity index (χ0v) is 18.1. The quantitative estimate of drug-likeness (QED) is 0.656. The molecule has 1 amide bonds. The Morgan fingerprint density at radius 2 is 2.03 bits per heavy atom. The minimum absolute atomic E-state index is 0.0182. The van der Waals surface area contributed by atoms with E-state index in [4.69, 9.17) is 5.73 Å². The monoisotopic (exact) mass is 406 g/mol. The zero-order valence-electron chi connectivity index (χ0n) is 17.3. The fourth-order valence-electron chi connectivity index (χ4n) is 5.08. The molecule has 3 aromatic rings. The molecule has 2 aliphatic rings. The number of aryl methyl sites for hydroxylation is 3. The van der Waals surface area contributed by atoms with Crippen LogP contribution in [0.2, 0.25) is 0 Å². The highest BCUT2D eigenvalue weighted by molar-refractivity contribution is 7.21. The molecule has 0 aliphatic carbocycles. The summed E-state index contributed by atoms with van der Waals surface area (Å²) in [5.74, 6) is 0.370. The number of hydrogen-bond acceptors (Lipinski definition) is 5. The topological polar surface area (TPSA) is 62.5 Å². The normalized spacial score (nSPS) is 21.4. The average molecular weight is 407 g/mol. The minimum Gasteiger partial charge on any atom is -0.397 e. The van der Waals surface area contributed by atoms with Gasteiger partial charge in [0, 0.05) is 35.3 Å². The predicted octanol–water partition coefficient (Wildman–Crippen LogP) is 4.25. The maximum absolute atomic E-state index is 13.8. The first-order chi connectivity index (χ1) is 13.8. The lowest BCUT2D eigenvalue weighted by atomic mass is 9.89. The largest absolute Gasteiger partial charge is 0.397 e. The van der Waals surface area contributed by atoms with Crippen molar-refractivity contribution in [2.24, 2.45) is 0 Å². The Hall–Kier alpha value is -2.44. The Labute approximate surface area is 175 Å². The number of anilines is 2. The van der Waals surface area contributed by atoms with Crippen LogP contribution < -0.4 is 10.6 Å². The Kier molecular flexibility index (Phi) is 4.19. The minimum atomic E-state index is 0.0182. The first-order valence-corrected chi connectivity index (χ1v) is 11.0. The average Bonchev–Trinajstić information content (AvgIpc) is 3.16. The number of likely N-dealkylation sites (tertiary alicyclic amines) is 1. The van der Waals surface area contributed by atoms with Crippen molar-refractivity contribution >= 4 is 38.8 Å². The fourth-order valence-corrected chi connectivity index (χ4v) is 6.24. The Morgan fingerprint density at radius 3 is 2.83 bits per heavy atom. The number of aromatic nitrogens is 1. The Bertz CT molecular complexity index is 1150. The number of fused-ring (bicyclic) bond motifs is 4. The number of amides is 1. The summed E-state index contributed by atoms with van der Waals surface area (Å²) < 4.78 is 0. The van der Waals surface area contributed by atoms with Gasteiger partial charge in [-0.2, -0.15) is 0 Å². The molecule has 2 atom stereocenters. The summed E-state index contributed by atoms with van der Waals surface area (Å²) >= 11 is 1.43. The third kappa shape index (κ3) is 2.77. The summed E-state index contributed by atoms with van der Waals surface area (Å²) in [6.07, 6.45) is 0.974. The molecule has 0 bridgehead atoms. The first-order valence-electron chi connectivity index (χ1n) is 10.1. The van der Waals surface area contributed by atoms with Gasteiger partial charge in [-0.3, -0.25) is 4.79 Å². The molecule has 2 aliphatic heterocycles. The zero-order chi connectivity index (χ0) is 20.4. The number of likely N-dealkylation sites (N-methyl/N-ethyl adjacent to an activating group) is 1. The van der Waals surface area contributed by atoms with E-state index in [0.717, 1.165) is 46.7 Å². The van der Waals surface area contributed by atoms with Crippen molar-refractivity contribution in [3.8, 4) is 0 Å². The highest BCUT2D eigenvalue weighted by atomic mass is 32.1. The number of rotatable bonds is 1. The lowest BCUT2D eigenvalue weighted by molar-refractivity contribution is 0.0969. The van der Waals surface area contributed by atoms with Gasteiger partial charge in [0.1, 0.15) is 9.71 Å². The van der Waals surface area contributed by atoms with Gasteiger partial charge in [-0.1, -0.05) is 17.7 Å². The number of pyridine rings is 1. The summed E-state index contributed by atoms with van der Waals surface area (Å²) in [7, 11) is 2.16. The third-order valence-electron chi connectivity index (χ3n) is 6.39. The molecule has 2 aromatic heterocycles. The van der Waals surface area contributed by atoms with Gasteiger partial charge in [0.15, 0.2) is 0 Å². The second kappa shape index (κ2) is 6.54.